The minimum Gasteiger partial charge on any atom is -0.356 e. The highest BCUT2D eigenvalue weighted by molar-refractivity contribution is 5.75. The van der Waals surface area contributed by atoms with Gasteiger partial charge in [-0.1, -0.05) is 6.07 Å². The number of hydrogen-bond acceptors (Lipinski definition) is 3. The Balaban J connectivity index is 2.03. The SMILES string of the molecule is CN(C)CCCNC(=O)CCCc1cccnc1. The van der Waals surface area contributed by atoms with Crippen LogP contribution < -0.4 is 5.32 Å². The predicted octanol–water partition coefficient (Wildman–Crippen LogP) is 1.47. The third-order valence-corrected chi connectivity index (χ3v) is 2.70. The molecule has 1 N–H and O–H groups in total. The van der Waals surface area contributed by atoms with Crippen LogP contribution in [0.1, 0.15) is 24.8 Å². The van der Waals surface area contributed by atoms with Gasteiger partial charge in [0.2, 0.25) is 5.91 Å². The van der Waals surface area contributed by atoms with Crippen LogP contribution in [0.15, 0.2) is 24.5 Å². The lowest BCUT2D eigenvalue weighted by molar-refractivity contribution is -0.121. The fourth-order valence-electron chi connectivity index (χ4n) is 1.71. The van der Waals surface area contributed by atoms with Gasteiger partial charge in [0.05, 0.1) is 0 Å². The number of nitrogens with zero attached hydrogens (tertiary/aromatic N) is 2. The molecule has 1 aromatic rings. The molecule has 0 aromatic carbocycles. The number of rotatable bonds is 8. The normalized spacial score (nSPS) is 10.6. The second kappa shape index (κ2) is 8.64. The molecule has 4 heteroatoms. The zero-order valence-corrected chi connectivity index (χ0v) is 11.4. The first-order valence-corrected chi connectivity index (χ1v) is 6.49. The molecular formula is C14H23N3O. The molecule has 0 bridgehead atoms. The minimum absolute atomic E-state index is 0.151. The molecule has 0 unspecified atom stereocenters. The number of carbonyl (C=O) groups is 1. The first-order valence-electron chi connectivity index (χ1n) is 6.49. The molecular weight excluding hydrogens is 226 g/mol. The van der Waals surface area contributed by atoms with E-state index in [1.165, 1.54) is 5.56 Å². The molecule has 4 nitrogen and oxygen atoms in total. The summed E-state index contributed by atoms with van der Waals surface area (Å²) in [6.45, 7) is 1.78. The molecule has 0 atom stereocenters. The summed E-state index contributed by atoms with van der Waals surface area (Å²) >= 11 is 0. The van der Waals surface area contributed by atoms with E-state index in [2.05, 4.69) is 15.2 Å². The molecule has 0 aliphatic heterocycles. The summed E-state index contributed by atoms with van der Waals surface area (Å²) in [5.41, 5.74) is 1.19. The van der Waals surface area contributed by atoms with Crippen molar-refractivity contribution >= 4 is 5.91 Å². The lowest BCUT2D eigenvalue weighted by Gasteiger charge is -2.09. The van der Waals surface area contributed by atoms with Gasteiger partial charge in [0.1, 0.15) is 0 Å². The van der Waals surface area contributed by atoms with Crippen molar-refractivity contribution in [2.45, 2.75) is 25.7 Å². The lowest BCUT2D eigenvalue weighted by Crippen LogP contribution is -2.26. The zero-order valence-electron chi connectivity index (χ0n) is 11.4. The van der Waals surface area contributed by atoms with Crippen molar-refractivity contribution in [3.8, 4) is 0 Å². The van der Waals surface area contributed by atoms with Gasteiger partial charge in [0, 0.05) is 25.4 Å². The van der Waals surface area contributed by atoms with Crippen LogP contribution in [0.3, 0.4) is 0 Å². The smallest absolute Gasteiger partial charge is 0.220 e. The van der Waals surface area contributed by atoms with Crippen LogP contribution in [-0.4, -0.2) is 43.0 Å². The Morgan fingerprint density at radius 1 is 1.39 bits per heavy atom. The Morgan fingerprint density at radius 3 is 2.89 bits per heavy atom. The first-order chi connectivity index (χ1) is 8.68. The van der Waals surface area contributed by atoms with Crippen molar-refractivity contribution in [1.82, 2.24) is 15.2 Å². The molecule has 0 saturated carbocycles. The topological polar surface area (TPSA) is 45.2 Å². The number of carbonyl (C=O) groups excluding carboxylic acids is 1. The van der Waals surface area contributed by atoms with Gasteiger partial charge in [-0.15, -0.1) is 0 Å². The molecule has 1 amide bonds. The number of hydrogen-bond donors (Lipinski definition) is 1. The molecule has 1 rings (SSSR count). The monoisotopic (exact) mass is 249 g/mol. The largest absolute Gasteiger partial charge is 0.356 e. The molecule has 0 spiro atoms. The fraction of sp³-hybridized carbons (Fsp3) is 0.571. The highest BCUT2D eigenvalue weighted by Gasteiger charge is 2.01. The van der Waals surface area contributed by atoms with Crippen LogP contribution in [0.25, 0.3) is 0 Å². The summed E-state index contributed by atoms with van der Waals surface area (Å²) in [5.74, 6) is 0.151. The van der Waals surface area contributed by atoms with E-state index >= 15 is 0 Å². The Labute approximate surface area is 109 Å². The molecule has 0 aliphatic carbocycles. The summed E-state index contributed by atoms with van der Waals surface area (Å²) in [4.78, 5) is 17.7. The van der Waals surface area contributed by atoms with E-state index in [0.29, 0.717) is 6.42 Å². The summed E-state index contributed by atoms with van der Waals surface area (Å²) in [6.07, 6.45) is 7.01. The second-order valence-corrected chi connectivity index (χ2v) is 4.72. The van der Waals surface area contributed by atoms with Gasteiger partial charge in [-0.2, -0.15) is 0 Å². The van der Waals surface area contributed by atoms with Crippen molar-refractivity contribution in [3.05, 3.63) is 30.1 Å². The van der Waals surface area contributed by atoms with E-state index in [9.17, 15) is 4.79 Å². The van der Waals surface area contributed by atoms with Crippen LogP contribution >= 0.6 is 0 Å². The van der Waals surface area contributed by atoms with Gasteiger partial charge in [0.25, 0.3) is 0 Å². The van der Waals surface area contributed by atoms with E-state index in [0.717, 1.165) is 32.4 Å². The Bertz CT molecular complexity index is 338. The highest BCUT2D eigenvalue weighted by atomic mass is 16.1. The summed E-state index contributed by atoms with van der Waals surface area (Å²) < 4.78 is 0. The van der Waals surface area contributed by atoms with Gasteiger partial charge >= 0.3 is 0 Å². The minimum atomic E-state index is 0.151. The number of amides is 1. The van der Waals surface area contributed by atoms with Crippen LogP contribution in [0.2, 0.25) is 0 Å². The van der Waals surface area contributed by atoms with Crippen molar-refractivity contribution in [2.75, 3.05) is 27.2 Å². The number of aryl methyl sites for hydroxylation is 1. The molecule has 100 valence electrons. The van der Waals surface area contributed by atoms with Crippen LogP contribution in [-0.2, 0) is 11.2 Å². The van der Waals surface area contributed by atoms with Crippen molar-refractivity contribution in [3.63, 3.8) is 0 Å². The van der Waals surface area contributed by atoms with Gasteiger partial charge in [-0.3, -0.25) is 9.78 Å². The zero-order chi connectivity index (χ0) is 13.2. The van der Waals surface area contributed by atoms with E-state index < -0.39 is 0 Å². The quantitative estimate of drug-likeness (QED) is 0.710. The Kier molecular flexibility index (Phi) is 7.03. The van der Waals surface area contributed by atoms with Crippen molar-refractivity contribution < 1.29 is 4.79 Å². The van der Waals surface area contributed by atoms with Gasteiger partial charge in [-0.05, 0) is 51.5 Å². The fourth-order valence-corrected chi connectivity index (χ4v) is 1.71. The summed E-state index contributed by atoms with van der Waals surface area (Å²) in [7, 11) is 4.07. The first kappa shape index (κ1) is 14.6. The maximum atomic E-state index is 11.5. The predicted molar refractivity (Wildman–Crippen MR) is 73.4 cm³/mol. The van der Waals surface area contributed by atoms with E-state index in [1.54, 1.807) is 6.20 Å². The Morgan fingerprint density at radius 2 is 2.22 bits per heavy atom. The van der Waals surface area contributed by atoms with Crippen molar-refractivity contribution in [1.29, 1.82) is 0 Å². The number of nitrogens with one attached hydrogen (secondary N) is 1. The third kappa shape index (κ3) is 7.01. The molecule has 0 fully saturated rings. The van der Waals surface area contributed by atoms with Crippen molar-refractivity contribution in [2.24, 2.45) is 0 Å². The molecule has 1 aromatic heterocycles. The number of aromatic nitrogens is 1. The van der Waals surface area contributed by atoms with Gasteiger partial charge < -0.3 is 10.2 Å². The van der Waals surface area contributed by atoms with Crippen LogP contribution in [0, 0.1) is 0 Å². The maximum absolute atomic E-state index is 11.5. The summed E-state index contributed by atoms with van der Waals surface area (Å²) in [6, 6.07) is 3.97. The van der Waals surface area contributed by atoms with E-state index in [4.69, 9.17) is 0 Å². The molecule has 0 aliphatic rings. The standard InChI is InChI=1S/C14H23N3O/c1-17(2)11-5-10-16-14(18)8-3-6-13-7-4-9-15-12-13/h4,7,9,12H,3,5-6,8,10-11H2,1-2H3,(H,16,18). The van der Waals surface area contributed by atoms with E-state index in [-0.39, 0.29) is 5.91 Å². The van der Waals surface area contributed by atoms with Crippen LogP contribution in [0.5, 0.6) is 0 Å². The second-order valence-electron chi connectivity index (χ2n) is 4.72. The summed E-state index contributed by atoms with van der Waals surface area (Å²) in [5, 5.41) is 2.94. The Hall–Kier alpha value is -1.42. The average molecular weight is 249 g/mol. The molecule has 0 saturated heterocycles. The van der Waals surface area contributed by atoms with Crippen LogP contribution in [0.4, 0.5) is 0 Å². The number of pyridine rings is 1. The molecule has 0 radical (unpaired) electrons. The van der Waals surface area contributed by atoms with E-state index in [1.807, 2.05) is 32.4 Å². The highest BCUT2D eigenvalue weighted by Crippen LogP contribution is 2.02. The van der Waals surface area contributed by atoms with Gasteiger partial charge in [0.15, 0.2) is 0 Å². The molecule has 1 heterocycles. The average Bonchev–Trinajstić information content (AvgIpc) is 2.36. The maximum Gasteiger partial charge on any atom is 0.220 e. The van der Waals surface area contributed by atoms with Gasteiger partial charge in [-0.25, -0.2) is 0 Å². The molecule has 18 heavy (non-hydrogen) atoms. The third-order valence-electron chi connectivity index (χ3n) is 2.70. The lowest BCUT2D eigenvalue weighted by atomic mass is 10.1.